The highest BCUT2D eigenvalue weighted by Crippen LogP contribution is 2.36. The van der Waals surface area contributed by atoms with Crippen LogP contribution in [-0.2, 0) is 11.3 Å². The van der Waals surface area contributed by atoms with Crippen molar-refractivity contribution in [1.82, 2.24) is 9.55 Å². The molecule has 0 spiro atoms. The number of hydrogen-bond donors (Lipinski definition) is 1. The molecule has 0 amide bonds. The van der Waals surface area contributed by atoms with Crippen molar-refractivity contribution in [2.75, 3.05) is 20.8 Å². The third kappa shape index (κ3) is 2.98. The first-order chi connectivity index (χ1) is 11.7. The van der Waals surface area contributed by atoms with Gasteiger partial charge in [0.2, 0.25) is 0 Å². The number of fused-ring (bicyclic) bond motifs is 1. The molecule has 0 saturated heterocycles. The zero-order valence-electron chi connectivity index (χ0n) is 13.5. The minimum atomic E-state index is -0.237. The van der Waals surface area contributed by atoms with Crippen LogP contribution >= 0.6 is 12.2 Å². The van der Waals surface area contributed by atoms with Crippen LogP contribution in [0.25, 0.3) is 22.0 Å². The molecule has 0 atom stereocenters. The number of methoxy groups -OCH3 is 2. The van der Waals surface area contributed by atoms with Crippen molar-refractivity contribution in [2.24, 2.45) is 0 Å². The minimum Gasteiger partial charge on any atom is -0.495 e. The van der Waals surface area contributed by atoms with Crippen molar-refractivity contribution in [3.63, 3.8) is 0 Å². The molecule has 5 nitrogen and oxygen atoms in total. The van der Waals surface area contributed by atoms with Crippen molar-refractivity contribution in [1.29, 1.82) is 0 Å². The van der Waals surface area contributed by atoms with Gasteiger partial charge in [-0.2, -0.15) is 0 Å². The molecule has 2 aromatic carbocycles. The molecular weight excluding hydrogens is 324 g/mol. The molecule has 1 N–H and O–H groups in total. The lowest BCUT2D eigenvalue weighted by Gasteiger charge is -2.17. The maximum Gasteiger partial charge on any atom is 0.252 e. The van der Waals surface area contributed by atoms with E-state index >= 15 is 0 Å². The molecule has 0 aliphatic rings. The van der Waals surface area contributed by atoms with Gasteiger partial charge in [-0.05, 0) is 23.7 Å². The first-order valence-corrected chi connectivity index (χ1v) is 7.95. The summed E-state index contributed by atoms with van der Waals surface area (Å²) in [7, 11) is 3.26. The standard InChI is InChI=1S/C18H18N2O3S/c1-22-10-9-20-15(11-16(21)19-18(20)24)14-8-7-12-5-3-4-6-13(12)17(14)23-2/h3-8,11H,9-10H2,1-2H3,(H,19,21,24). The van der Waals surface area contributed by atoms with Crippen LogP contribution in [0.3, 0.4) is 0 Å². The highest BCUT2D eigenvalue weighted by atomic mass is 32.1. The number of nitrogens with one attached hydrogen (secondary N) is 1. The minimum absolute atomic E-state index is 0.237. The summed E-state index contributed by atoms with van der Waals surface area (Å²) < 4.78 is 13.0. The van der Waals surface area contributed by atoms with Crippen LogP contribution in [0, 0.1) is 4.77 Å². The fraction of sp³-hybridized carbons (Fsp3) is 0.222. The number of hydrogen-bond acceptors (Lipinski definition) is 4. The molecule has 124 valence electrons. The summed E-state index contributed by atoms with van der Waals surface area (Å²) in [5.74, 6) is 0.722. The predicted molar refractivity (Wildman–Crippen MR) is 97.3 cm³/mol. The molecular formula is C18H18N2O3S. The molecule has 3 aromatic rings. The SMILES string of the molecule is COCCn1c(-c2ccc3ccccc3c2OC)cc(=O)[nH]c1=S. The Morgan fingerprint density at radius 2 is 1.96 bits per heavy atom. The average molecular weight is 342 g/mol. The van der Waals surface area contributed by atoms with Gasteiger partial charge in [0.05, 0.1) is 19.4 Å². The second-order valence-electron chi connectivity index (χ2n) is 5.34. The molecule has 1 heterocycles. The van der Waals surface area contributed by atoms with Crippen LogP contribution in [0.5, 0.6) is 5.75 Å². The third-order valence-electron chi connectivity index (χ3n) is 3.91. The van der Waals surface area contributed by atoms with E-state index in [0.29, 0.717) is 23.6 Å². The molecule has 6 heteroatoms. The summed E-state index contributed by atoms with van der Waals surface area (Å²) in [4.78, 5) is 14.6. The van der Waals surface area contributed by atoms with Crippen LogP contribution in [0.1, 0.15) is 0 Å². The molecule has 1 aromatic heterocycles. The Morgan fingerprint density at radius 1 is 1.17 bits per heavy atom. The normalized spacial score (nSPS) is 10.9. The van der Waals surface area contributed by atoms with Crippen LogP contribution < -0.4 is 10.3 Å². The van der Waals surface area contributed by atoms with Crippen molar-refractivity contribution in [3.8, 4) is 17.0 Å². The maximum absolute atomic E-state index is 12.0. The first kappa shape index (κ1) is 16.4. The topological polar surface area (TPSA) is 56.2 Å². The highest BCUT2D eigenvalue weighted by Gasteiger charge is 2.14. The Labute approximate surface area is 144 Å². The van der Waals surface area contributed by atoms with Gasteiger partial charge >= 0.3 is 0 Å². The van der Waals surface area contributed by atoms with E-state index in [0.717, 1.165) is 22.1 Å². The summed E-state index contributed by atoms with van der Waals surface area (Å²) in [6.07, 6.45) is 0. The van der Waals surface area contributed by atoms with Gasteiger partial charge < -0.3 is 14.0 Å². The second-order valence-corrected chi connectivity index (χ2v) is 5.72. The van der Waals surface area contributed by atoms with Crippen molar-refractivity contribution in [2.45, 2.75) is 6.54 Å². The van der Waals surface area contributed by atoms with Gasteiger partial charge in [-0.25, -0.2) is 0 Å². The highest BCUT2D eigenvalue weighted by molar-refractivity contribution is 7.71. The summed E-state index contributed by atoms with van der Waals surface area (Å²) in [6, 6.07) is 13.5. The maximum atomic E-state index is 12.0. The Morgan fingerprint density at radius 3 is 2.71 bits per heavy atom. The Balaban J connectivity index is 2.31. The second kappa shape index (κ2) is 6.98. The molecule has 3 rings (SSSR count). The van der Waals surface area contributed by atoms with E-state index in [-0.39, 0.29) is 5.56 Å². The third-order valence-corrected chi connectivity index (χ3v) is 4.24. The van der Waals surface area contributed by atoms with Crippen molar-refractivity contribution >= 4 is 23.0 Å². The zero-order chi connectivity index (χ0) is 17.1. The summed E-state index contributed by atoms with van der Waals surface area (Å²) in [5, 5.41) is 2.06. The largest absolute Gasteiger partial charge is 0.495 e. The molecule has 0 fully saturated rings. The number of benzene rings is 2. The Kier molecular flexibility index (Phi) is 4.78. The van der Waals surface area contributed by atoms with Gasteiger partial charge in [0.1, 0.15) is 5.75 Å². The summed E-state index contributed by atoms with van der Waals surface area (Å²) >= 11 is 5.33. The molecule has 0 radical (unpaired) electrons. The lowest BCUT2D eigenvalue weighted by Crippen LogP contribution is -2.17. The summed E-state index contributed by atoms with van der Waals surface area (Å²) in [5.41, 5.74) is 1.30. The Bertz CT molecular complexity index is 991. The molecule has 0 aliphatic carbocycles. The number of aromatic amines is 1. The van der Waals surface area contributed by atoms with Crippen LogP contribution in [-0.4, -0.2) is 30.4 Å². The van der Waals surface area contributed by atoms with E-state index < -0.39 is 0 Å². The monoisotopic (exact) mass is 342 g/mol. The van der Waals surface area contributed by atoms with E-state index in [4.69, 9.17) is 21.7 Å². The molecule has 0 bridgehead atoms. The number of ether oxygens (including phenoxy) is 2. The van der Waals surface area contributed by atoms with E-state index in [1.165, 1.54) is 6.07 Å². The molecule has 0 unspecified atom stereocenters. The first-order valence-electron chi connectivity index (χ1n) is 7.55. The van der Waals surface area contributed by atoms with Crippen LogP contribution in [0.4, 0.5) is 0 Å². The van der Waals surface area contributed by atoms with Gasteiger partial charge in [0, 0.05) is 30.7 Å². The lowest BCUT2D eigenvalue weighted by atomic mass is 10.0. The van der Waals surface area contributed by atoms with Gasteiger partial charge in [0.25, 0.3) is 5.56 Å². The molecule has 24 heavy (non-hydrogen) atoms. The van der Waals surface area contributed by atoms with E-state index in [9.17, 15) is 4.79 Å². The smallest absolute Gasteiger partial charge is 0.252 e. The quantitative estimate of drug-likeness (QED) is 0.722. The lowest BCUT2D eigenvalue weighted by molar-refractivity contribution is 0.186. The number of rotatable bonds is 5. The molecule has 0 aliphatic heterocycles. The average Bonchev–Trinajstić information content (AvgIpc) is 2.59. The van der Waals surface area contributed by atoms with Crippen LogP contribution in [0.15, 0.2) is 47.3 Å². The zero-order valence-corrected chi connectivity index (χ0v) is 14.4. The van der Waals surface area contributed by atoms with Gasteiger partial charge in [-0.15, -0.1) is 0 Å². The summed E-state index contributed by atoms with van der Waals surface area (Å²) in [6.45, 7) is 1.03. The van der Waals surface area contributed by atoms with E-state index in [1.807, 2.05) is 41.0 Å². The van der Waals surface area contributed by atoms with Crippen molar-refractivity contribution in [3.05, 3.63) is 57.6 Å². The van der Waals surface area contributed by atoms with E-state index in [1.54, 1.807) is 14.2 Å². The Hall–Kier alpha value is -2.44. The fourth-order valence-corrected chi connectivity index (χ4v) is 3.10. The fourth-order valence-electron chi connectivity index (χ4n) is 2.81. The van der Waals surface area contributed by atoms with Crippen LogP contribution in [0.2, 0.25) is 0 Å². The number of H-pyrrole nitrogens is 1. The van der Waals surface area contributed by atoms with E-state index in [2.05, 4.69) is 4.98 Å². The predicted octanol–water partition coefficient (Wildman–Crippen LogP) is 3.38. The van der Waals surface area contributed by atoms with Gasteiger partial charge in [-0.3, -0.25) is 9.78 Å². The van der Waals surface area contributed by atoms with Crippen molar-refractivity contribution < 1.29 is 9.47 Å². The van der Waals surface area contributed by atoms with Gasteiger partial charge in [-0.1, -0.05) is 30.3 Å². The number of nitrogens with zero attached hydrogens (tertiary/aromatic N) is 1. The van der Waals surface area contributed by atoms with Gasteiger partial charge in [0.15, 0.2) is 4.77 Å². The molecule has 0 saturated carbocycles. The number of aromatic nitrogens is 2.